The fourth-order valence-electron chi connectivity index (χ4n) is 1.05. The Morgan fingerprint density at radius 3 is 2.56 bits per heavy atom. The van der Waals surface area contributed by atoms with E-state index in [0.717, 1.165) is 6.54 Å². The van der Waals surface area contributed by atoms with E-state index in [2.05, 4.69) is 5.32 Å². The SMILES string of the molecule is CC(O)C1(O)CCNC1. The highest BCUT2D eigenvalue weighted by atomic mass is 16.3. The van der Waals surface area contributed by atoms with Crippen LogP contribution < -0.4 is 5.32 Å². The smallest absolute Gasteiger partial charge is 0.104 e. The van der Waals surface area contributed by atoms with E-state index < -0.39 is 11.7 Å². The number of hydrogen-bond acceptors (Lipinski definition) is 3. The van der Waals surface area contributed by atoms with E-state index in [-0.39, 0.29) is 0 Å². The van der Waals surface area contributed by atoms with Gasteiger partial charge in [-0.1, -0.05) is 0 Å². The molecule has 3 heteroatoms. The standard InChI is InChI=1S/C6H13NO2/c1-5(8)6(9)2-3-7-4-6/h5,7-9H,2-4H2,1H3. The second-order valence-electron chi connectivity index (χ2n) is 2.71. The maximum absolute atomic E-state index is 9.46. The molecule has 0 radical (unpaired) electrons. The van der Waals surface area contributed by atoms with Gasteiger partial charge in [0.25, 0.3) is 0 Å². The van der Waals surface area contributed by atoms with Crippen LogP contribution in [0.4, 0.5) is 0 Å². The van der Waals surface area contributed by atoms with Crippen LogP contribution in [-0.4, -0.2) is 35.0 Å². The van der Waals surface area contributed by atoms with Crippen molar-refractivity contribution in [3.63, 3.8) is 0 Å². The van der Waals surface area contributed by atoms with E-state index in [4.69, 9.17) is 5.11 Å². The summed E-state index contributed by atoms with van der Waals surface area (Å²) in [7, 11) is 0. The summed E-state index contributed by atoms with van der Waals surface area (Å²) >= 11 is 0. The number of aliphatic hydroxyl groups is 2. The Kier molecular flexibility index (Phi) is 1.75. The van der Waals surface area contributed by atoms with Gasteiger partial charge < -0.3 is 15.5 Å². The molecule has 2 unspecified atom stereocenters. The quantitative estimate of drug-likeness (QED) is 0.432. The molecule has 9 heavy (non-hydrogen) atoms. The molecule has 0 aromatic carbocycles. The number of nitrogens with one attached hydrogen (secondary N) is 1. The van der Waals surface area contributed by atoms with Gasteiger partial charge in [0.05, 0.1) is 6.10 Å². The lowest BCUT2D eigenvalue weighted by Crippen LogP contribution is -2.42. The Balaban J connectivity index is 2.51. The van der Waals surface area contributed by atoms with Crippen molar-refractivity contribution in [2.45, 2.75) is 25.0 Å². The van der Waals surface area contributed by atoms with Gasteiger partial charge in [-0.3, -0.25) is 0 Å². The second-order valence-corrected chi connectivity index (χ2v) is 2.71. The summed E-state index contributed by atoms with van der Waals surface area (Å²) in [5, 5.41) is 21.5. The molecule has 0 saturated carbocycles. The largest absolute Gasteiger partial charge is 0.390 e. The Morgan fingerprint density at radius 2 is 2.33 bits per heavy atom. The first kappa shape index (κ1) is 6.99. The number of rotatable bonds is 1. The zero-order valence-electron chi connectivity index (χ0n) is 5.59. The Labute approximate surface area is 54.7 Å². The molecule has 0 aromatic heterocycles. The maximum atomic E-state index is 9.46. The highest BCUT2D eigenvalue weighted by Gasteiger charge is 2.35. The van der Waals surface area contributed by atoms with Crippen molar-refractivity contribution in [3.8, 4) is 0 Å². The third kappa shape index (κ3) is 1.23. The molecule has 1 fully saturated rings. The second kappa shape index (κ2) is 2.25. The van der Waals surface area contributed by atoms with Crippen LogP contribution >= 0.6 is 0 Å². The van der Waals surface area contributed by atoms with Crippen LogP contribution in [0.15, 0.2) is 0 Å². The van der Waals surface area contributed by atoms with Gasteiger partial charge in [-0.2, -0.15) is 0 Å². The lowest BCUT2D eigenvalue weighted by atomic mass is 9.97. The minimum absolute atomic E-state index is 0.519. The summed E-state index contributed by atoms with van der Waals surface area (Å²) in [5.41, 5.74) is -0.861. The van der Waals surface area contributed by atoms with E-state index in [1.165, 1.54) is 0 Å². The van der Waals surface area contributed by atoms with E-state index in [1.807, 2.05) is 0 Å². The predicted octanol–water partition coefficient (Wildman–Crippen LogP) is -0.908. The summed E-state index contributed by atoms with van der Waals surface area (Å²) in [6, 6.07) is 0. The van der Waals surface area contributed by atoms with E-state index in [9.17, 15) is 5.11 Å². The maximum Gasteiger partial charge on any atom is 0.104 e. The average molecular weight is 131 g/mol. The first-order valence-electron chi connectivity index (χ1n) is 3.26. The molecule has 0 bridgehead atoms. The van der Waals surface area contributed by atoms with Crippen LogP contribution in [0.5, 0.6) is 0 Å². The number of aliphatic hydroxyl groups excluding tert-OH is 1. The van der Waals surface area contributed by atoms with Crippen LogP contribution in [-0.2, 0) is 0 Å². The molecule has 1 heterocycles. The summed E-state index contributed by atoms with van der Waals surface area (Å²) in [5.74, 6) is 0. The van der Waals surface area contributed by atoms with Gasteiger partial charge in [-0.25, -0.2) is 0 Å². The first-order valence-corrected chi connectivity index (χ1v) is 3.26. The van der Waals surface area contributed by atoms with Crippen LogP contribution in [0.3, 0.4) is 0 Å². The van der Waals surface area contributed by atoms with E-state index in [0.29, 0.717) is 13.0 Å². The number of β-amino-alcohol motifs (C(OH)–C–C–N with tert-alkyl or cyclic N) is 1. The fraction of sp³-hybridized carbons (Fsp3) is 1.00. The normalized spacial score (nSPS) is 39.0. The van der Waals surface area contributed by atoms with Crippen molar-refractivity contribution in [1.29, 1.82) is 0 Å². The van der Waals surface area contributed by atoms with Crippen LogP contribution in [0.1, 0.15) is 13.3 Å². The molecule has 54 valence electrons. The molecule has 3 nitrogen and oxygen atoms in total. The lowest BCUT2D eigenvalue weighted by Gasteiger charge is -2.24. The van der Waals surface area contributed by atoms with Crippen molar-refractivity contribution < 1.29 is 10.2 Å². The Morgan fingerprint density at radius 1 is 1.67 bits per heavy atom. The fourth-order valence-corrected chi connectivity index (χ4v) is 1.05. The molecule has 0 aromatic rings. The third-order valence-electron chi connectivity index (χ3n) is 1.94. The average Bonchev–Trinajstić information content (AvgIpc) is 2.16. The summed E-state index contributed by atoms with van der Waals surface area (Å²) < 4.78 is 0. The van der Waals surface area contributed by atoms with Gasteiger partial charge >= 0.3 is 0 Å². The van der Waals surface area contributed by atoms with Gasteiger partial charge in [0.15, 0.2) is 0 Å². The molecule has 1 rings (SSSR count). The molecule has 2 atom stereocenters. The van der Waals surface area contributed by atoms with Crippen molar-refractivity contribution in [2.24, 2.45) is 0 Å². The van der Waals surface area contributed by atoms with Crippen LogP contribution in [0.2, 0.25) is 0 Å². The topological polar surface area (TPSA) is 52.5 Å². The molecule has 0 spiro atoms. The molecule has 0 amide bonds. The Bertz CT molecular complexity index is 97.2. The highest BCUT2D eigenvalue weighted by Crippen LogP contribution is 2.17. The predicted molar refractivity (Wildman–Crippen MR) is 34.1 cm³/mol. The van der Waals surface area contributed by atoms with Gasteiger partial charge in [0.2, 0.25) is 0 Å². The zero-order valence-corrected chi connectivity index (χ0v) is 5.59. The van der Waals surface area contributed by atoms with Gasteiger partial charge in [-0.05, 0) is 19.9 Å². The Hall–Kier alpha value is -0.120. The highest BCUT2D eigenvalue weighted by molar-refractivity contribution is 4.91. The lowest BCUT2D eigenvalue weighted by molar-refractivity contribution is -0.0503. The molecule has 3 N–H and O–H groups in total. The van der Waals surface area contributed by atoms with E-state index >= 15 is 0 Å². The molecule has 1 saturated heterocycles. The molecule has 1 aliphatic rings. The molecular weight excluding hydrogens is 118 g/mol. The molecular formula is C6H13NO2. The van der Waals surface area contributed by atoms with Crippen molar-refractivity contribution in [1.82, 2.24) is 5.32 Å². The summed E-state index contributed by atoms with van der Waals surface area (Å²) in [6.07, 6.45) is 0.0394. The number of hydrogen-bond donors (Lipinski definition) is 3. The monoisotopic (exact) mass is 131 g/mol. The van der Waals surface area contributed by atoms with Crippen LogP contribution in [0, 0.1) is 0 Å². The molecule has 0 aliphatic carbocycles. The van der Waals surface area contributed by atoms with E-state index in [1.54, 1.807) is 6.92 Å². The van der Waals surface area contributed by atoms with Crippen LogP contribution in [0.25, 0.3) is 0 Å². The first-order chi connectivity index (χ1) is 4.15. The van der Waals surface area contributed by atoms with Gasteiger partial charge in [0.1, 0.15) is 5.60 Å². The summed E-state index contributed by atoms with van der Waals surface area (Å²) in [4.78, 5) is 0. The zero-order chi connectivity index (χ0) is 6.91. The van der Waals surface area contributed by atoms with Gasteiger partial charge in [0, 0.05) is 6.54 Å². The third-order valence-corrected chi connectivity index (χ3v) is 1.94. The molecule has 1 aliphatic heterocycles. The van der Waals surface area contributed by atoms with Gasteiger partial charge in [-0.15, -0.1) is 0 Å². The minimum Gasteiger partial charge on any atom is -0.390 e. The van der Waals surface area contributed by atoms with Crippen molar-refractivity contribution in [3.05, 3.63) is 0 Å². The van der Waals surface area contributed by atoms with Crippen molar-refractivity contribution >= 4 is 0 Å². The van der Waals surface area contributed by atoms with Crippen molar-refractivity contribution in [2.75, 3.05) is 13.1 Å². The minimum atomic E-state index is -0.861. The summed E-state index contributed by atoms with van der Waals surface area (Å²) in [6.45, 7) is 2.94.